The van der Waals surface area contributed by atoms with Gasteiger partial charge in [-0.15, -0.1) is 0 Å². The van der Waals surface area contributed by atoms with Gasteiger partial charge in [0.05, 0.1) is 18.7 Å². The van der Waals surface area contributed by atoms with Crippen molar-refractivity contribution in [1.82, 2.24) is 0 Å². The summed E-state index contributed by atoms with van der Waals surface area (Å²) in [6.45, 7) is 1.93. The highest BCUT2D eigenvalue weighted by molar-refractivity contribution is 5.98. The molecule has 0 saturated carbocycles. The van der Waals surface area contributed by atoms with Crippen molar-refractivity contribution in [2.24, 2.45) is 0 Å². The number of methoxy groups -OCH3 is 1. The second kappa shape index (κ2) is 10.7. The Morgan fingerprint density at radius 1 is 1.07 bits per heavy atom. The molecule has 0 spiro atoms. The Morgan fingerprint density at radius 2 is 1.82 bits per heavy atom. The van der Waals surface area contributed by atoms with Gasteiger partial charge in [0.2, 0.25) is 5.91 Å². The normalized spacial score (nSPS) is 10.0. The molecule has 0 saturated heterocycles. The Kier molecular flexibility index (Phi) is 8.04. The maximum absolute atomic E-state index is 12.3. The summed E-state index contributed by atoms with van der Waals surface area (Å²) >= 11 is 0. The van der Waals surface area contributed by atoms with Gasteiger partial charge in [-0.3, -0.25) is 9.59 Å². The van der Waals surface area contributed by atoms with Gasteiger partial charge in [-0.05, 0) is 42.8 Å². The minimum absolute atomic E-state index is 0.0243. The number of nitrogens with one attached hydrogen (secondary N) is 1. The van der Waals surface area contributed by atoms with Crippen molar-refractivity contribution >= 4 is 17.4 Å². The first-order valence-corrected chi connectivity index (χ1v) is 9.21. The van der Waals surface area contributed by atoms with Crippen molar-refractivity contribution in [2.45, 2.75) is 32.6 Å². The molecule has 0 unspecified atom stereocenters. The largest absolute Gasteiger partial charge is 0.493 e. The van der Waals surface area contributed by atoms with Gasteiger partial charge in [-0.25, -0.2) is 0 Å². The van der Waals surface area contributed by atoms with Crippen LogP contribution in [-0.4, -0.2) is 25.4 Å². The van der Waals surface area contributed by atoms with Gasteiger partial charge in [-0.1, -0.05) is 19.8 Å². The molecule has 2 aromatic rings. The molecule has 0 atom stereocenters. The Labute approximate surface area is 165 Å². The van der Waals surface area contributed by atoms with E-state index >= 15 is 0 Å². The molecule has 1 amide bonds. The maximum Gasteiger partial charge on any atom is 0.224 e. The molecule has 0 bridgehead atoms. The number of Topliss-reactive ketones (excluding diaryl/α,β-unsaturated/α-hetero) is 1. The highest BCUT2D eigenvalue weighted by Crippen LogP contribution is 2.28. The zero-order valence-electron chi connectivity index (χ0n) is 16.2. The third-order valence-corrected chi connectivity index (χ3v) is 4.15. The Balaban J connectivity index is 1.91. The van der Waals surface area contributed by atoms with E-state index in [9.17, 15) is 9.59 Å². The molecule has 146 valence electrons. The number of hydrogen-bond donors (Lipinski definition) is 1. The second-order valence-electron chi connectivity index (χ2n) is 6.27. The third-order valence-electron chi connectivity index (χ3n) is 4.15. The lowest BCUT2D eigenvalue weighted by Crippen LogP contribution is -2.13. The number of ether oxygens (including phenoxy) is 2. The molecular weight excluding hydrogens is 356 g/mol. The summed E-state index contributed by atoms with van der Waals surface area (Å²) in [6.07, 6.45) is 3.47. The number of rotatable bonds is 10. The number of amides is 1. The highest BCUT2D eigenvalue weighted by Gasteiger charge is 2.11. The van der Waals surface area contributed by atoms with E-state index in [1.165, 1.54) is 7.11 Å². The first kappa shape index (κ1) is 21.0. The van der Waals surface area contributed by atoms with Crippen LogP contribution in [0.3, 0.4) is 0 Å². The summed E-state index contributed by atoms with van der Waals surface area (Å²) in [4.78, 5) is 24.2. The minimum Gasteiger partial charge on any atom is -0.493 e. The molecular formula is C22H24N2O4. The monoisotopic (exact) mass is 380 g/mol. The van der Waals surface area contributed by atoms with Gasteiger partial charge in [-0.2, -0.15) is 5.26 Å². The number of ketones is 1. The van der Waals surface area contributed by atoms with E-state index in [0.717, 1.165) is 19.3 Å². The van der Waals surface area contributed by atoms with Crippen molar-refractivity contribution in [3.8, 4) is 17.6 Å². The number of nitriles is 1. The fraction of sp³-hybridized carbons (Fsp3) is 0.318. The average Bonchev–Trinajstić information content (AvgIpc) is 2.72. The van der Waals surface area contributed by atoms with Crippen LogP contribution < -0.4 is 14.8 Å². The number of carbonyl (C=O) groups excluding carboxylic acids is 2. The van der Waals surface area contributed by atoms with Crippen LogP contribution in [0.4, 0.5) is 5.69 Å². The fourth-order valence-corrected chi connectivity index (χ4v) is 2.58. The van der Waals surface area contributed by atoms with Crippen molar-refractivity contribution in [1.29, 1.82) is 5.26 Å². The predicted octanol–water partition coefficient (Wildman–Crippen LogP) is 4.35. The first-order chi connectivity index (χ1) is 13.6. The molecule has 0 heterocycles. The van der Waals surface area contributed by atoms with Crippen LogP contribution in [0.5, 0.6) is 11.5 Å². The van der Waals surface area contributed by atoms with Gasteiger partial charge in [0.15, 0.2) is 23.9 Å². The first-order valence-electron chi connectivity index (χ1n) is 9.21. The van der Waals surface area contributed by atoms with Crippen molar-refractivity contribution in [3.05, 3.63) is 53.6 Å². The minimum atomic E-state index is -0.202. The summed E-state index contributed by atoms with van der Waals surface area (Å²) in [5.74, 6) is 0.565. The average molecular weight is 380 g/mol. The summed E-state index contributed by atoms with van der Waals surface area (Å²) in [6, 6.07) is 13.5. The summed E-state index contributed by atoms with van der Waals surface area (Å²) < 4.78 is 10.7. The Morgan fingerprint density at radius 3 is 2.46 bits per heavy atom. The molecule has 0 aromatic heterocycles. The zero-order valence-corrected chi connectivity index (χ0v) is 16.2. The molecule has 6 heteroatoms. The quantitative estimate of drug-likeness (QED) is 0.489. The second-order valence-corrected chi connectivity index (χ2v) is 6.27. The van der Waals surface area contributed by atoms with Gasteiger partial charge < -0.3 is 14.8 Å². The predicted molar refractivity (Wildman–Crippen MR) is 107 cm³/mol. The van der Waals surface area contributed by atoms with Crippen LogP contribution in [0.15, 0.2) is 42.5 Å². The Hall–Kier alpha value is -3.33. The lowest BCUT2D eigenvalue weighted by Gasteiger charge is -2.10. The maximum atomic E-state index is 12.3. The van der Waals surface area contributed by atoms with Crippen LogP contribution in [0.1, 0.15) is 48.5 Å². The van der Waals surface area contributed by atoms with Crippen LogP contribution in [0, 0.1) is 11.3 Å². The van der Waals surface area contributed by atoms with E-state index in [1.54, 1.807) is 42.5 Å². The molecule has 2 rings (SSSR count). The molecule has 0 aliphatic rings. The van der Waals surface area contributed by atoms with E-state index < -0.39 is 0 Å². The van der Waals surface area contributed by atoms with Crippen molar-refractivity contribution in [2.75, 3.05) is 19.0 Å². The van der Waals surface area contributed by atoms with Crippen LogP contribution >= 0.6 is 0 Å². The topological polar surface area (TPSA) is 88.4 Å². The SMILES string of the molecule is CCCCCC(=O)Nc1ccc(C(=O)COc2ccc(C#N)cc2OC)cc1. The molecule has 0 aliphatic carbocycles. The Bertz CT molecular complexity index is 854. The number of carbonyl (C=O) groups is 2. The third kappa shape index (κ3) is 6.13. The van der Waals surface area contributed by atoms with Crippen molar-refractivity contribution in [3.63, 3.8) is 0 Å². The number of anilines is 1. The van der Waals surface area contributed by atoms with Crippen LogP contribution in [0.2, 0.25) is 0 Å². The standard InChI is InChI=1S/C22H24N2O4/c1-3-4-5-6-22(26)24-18-10-8-17(9-11-18)19(25)15-28-20-12-7-16(14-23)13-21(20)27-2/h7-13H,3-6,15H2,1-2H3,(H,24,26). The molecule has 1 N–H and O–H groups in total. The number of unbranched alkanes of at least 4 members (excludes halogenated alkanes) is 2. The molecule has 2 aromatic carbocycles. The zero-order chi connectivity index (χ0) is 20.4. The fourth-order valence-electron chi connectivity index (χ4n) is 2.58. The van der Waals surface area contributed by atoms with Crippen molar-refractivity contribution < 1.29 is 19.1 Å². The lowest BCUT2D eigenvalue weighted by atomic mass is 10.1. The molecule has 28 heavy (non-hydrogen) atoms. The molecule has 0 radical (unpaired) electrons. The smallest absolute Gasteiger partial charge is 0.224 e. The molecule has 0 aliphatic heterocycles. The summed E-state index contributed by atoms with van der Waals surface area (Å²) in [5, 5.41) is 11.7. The van der Waals surface area contributed by atoms with E-state index in [0.29, 0.717) is 34.7 Å². The molecule has 6 nitrogen and oxygen atoms in total. The number of hydrogen-bond acceptors (Lipinski definition) is 5. The van der Waals surface area contributed by atoms with Gasteiger partial charge in [0.25, 0.3) is 0 Å². The van der Waals surface area contributed by atoms with E-state index in [2.05, 4.69) is 12.2 Å². The number of nitrogens with zero attached hydrogens (tertiary/aromatic N) is 1. The van der Waals surface area contributed by atoms with E-state index in [1.807, 2.05) is 6.07 Å². The summed E-state index contributed by atoms with van der Waals surface area (Å²) in [7, 11) is 1.47. The van der Waals surface area contributed by atoms with Crippen LogP contribution in [-0.2, 0) is 4.79 Å². The molecule has 0 fully saturated rings. The van der Waals surface area contributed by atoms with E-state index in [-0.39, 0.29) is 18.3 Å². The number of benzene rings is 2. The van der Waals surface area contributed by atoms with Gasteiger partial charge in [0.1, 0.15) is 0 Å². The van der Waals surface area contributed by atoms with Gasteiger partial charge in [0, 0.05) is 23.7 Å². The highest BCUT2D eigenvalue weighted by atomic mass is 16.5. The summed E-state index contributed by atoms with van der Waals surface area (Å²) in [5.41, 5.74) is 1.59. The van der Waals surface area contributed by atoms with Crippen LogP contribution in [0.25, 0.3) is 0 Å². The van der Waals surface area contributed by atoms with E-state index in [4.69, 9.17) is 14.7 Å². The van der Waals surface area contributed by atoms with Gasteiger partial charge >= 0.3 is 0 Å². The lowest BCUT2D eigenvalue weighted by molar-refractivity contribution is -0.116.